The lowest BCUT2D eigenvalue weighted by Crippen LogP contribution is -2.07. The van der Waals surface area contributed by atoms with Gasteiger partial charge in [-0.05, 0) is 38.0 Å². The van der Waals surface area contributed by atoms with Crippen LogP contribution in [-0.2, 0) is 20.0 Å². The molecule has 0 fully saturated rings. The van der Waals surface area contributed by atoms with Gasteiger partial charge in [0.25, 0.3) is 0 Å². The Kier molecular flexibility index (Phi) is 3.68. The van der Waals surface area contributed by atoms with E-state index in [1.807, 2.05) is 50.1 Å². The van der Waals surface area contributed by atoms with E-state index < -0.39 is 0 Å². The second kappa shape index (κ2) is 5.48. The molecule has 3 rings (SSSR count). The Morgan fingerprint density at radius 2 is 2.10 bits per heavy atom. The molecule has 0 spiro atoms. The second-order valence-electron chi connectivity index (χ2n) is 5.31. The number of nitrogens with zero attached hydrogens (tertiary/aromatic N) is 5. The summed E-state index contributed by atoms with van der Waals surface area (Å²) >= 11 is 6.28. The molecule has 110 valence electrons. The molecule has 21 heavy (non-hydrogen) atoms. The summed E-state index contributed by atoms with van der Waals surface area (Å²) in [6.07, 6.45) is 4.80. The van der Waals surface area contributed by atoms with Crippen LogP contribution in [0.2, 0.25) is 0 Å². The summed E-state index contributed by atoms with van der Waals surface area (Å²) < 4.78 is 3.93. The van der Waals surface area contributed by atoms with Crippen molar-refractivity contribution in [1.29, 1.82) is 0 Å². The van der Waals surface area contributed by atoms with E-state index >= 15 is 0 Å². The standard InChI is InChI=1S/C15H18ClN5/c1-10-4-5-13-15(18-10)21(14(19-13)11(2)16)7-6-12-8-17-20(3)9-12/h4-5,8-9,11H,6-7H2,1-3H3. The van der Waals surface area contributed by atoms with Gasteiger partial charge in [-0.2, -0.15) is 5.10 Å². The molecule has 0 radical (unpaired) electrons. The van der Waals surface area contributed by atoms with Gasteiger partial charge in [-0.1, -0.05) is 0 Å². The molecule has 0 aliphatic heterocycles. The molecular formula is C15H18ClN5. The first-order valence-corrected chi connectivity index (χ1v) is 7.43. The van der Waals surface area contributed by atoms with E-state index in [-0.39, 0.29) is 5.38 Å². The highest BCUT2D eigenvalue weighted by atomic mass is 35.5. The normalized spacial score (nSPS) is 13.0. The number of aryl methyl sites for hydroxylation is 4. The Hall–Kier alpha value is -1.88. The largest absolute Gasteiger partial charge is 0.311 e. The van der Waals surface area contributed by atoms with E-state index in [4.69, 9.17) is 11.6 Å². The number of halogens is 1. The van der Waals surface area contributed by atoms with Gasteiger partial charge in [-0.3, -0.25) is 4.68 Å². The van der Waals surface area contributed by atoms with Crippen molar-refractivity contribution in [2.45, 2.75) is 32.2 Å². The third kappa shape index (κ3) is 2.78. The number of pyridine rings is 1. The van der Waals surface area contributed by atoms with Gasteiger partial charge in [0.2, 0.25) is 0 Å². The van der Waals surface area contributed by atoms with Gasteiger partial charge in [0, 0.05) is 25.5 Å². The van der Waals surface area contributed by atoms with Crippen LogP contribution in [0.15, 0.2) is 24.5 Å². The number of rotatable bonds is 4. The van der Waals surface area contributed by atoms with Crippen LogP contribution in [0, 0.1) is 6.92 Å². The van der Waals surface area contributed by atoms with Crippen molar-refractivity contribution in [1.82, 2.24) is 24.3 Å². The second-order valence-corrected chi connectivity index (χ2v) is 5.96. The Bertz CT molecular complexity index is 772. The van der Waals surface area contributed by atoms with Gasteiger partial charge in [-0.15, -0.1) is 11.6 Å². The summed E-state index contributed by atoms with van der Waals surface area (Å²) in [5, 5.41) is 4.06. The zero-order chi connectivity index (χ0) is 15.0. The highest BCUT2D eigenvalue weighted by Gasteiger charge is 2.16. The minimum Gasteiger partial charge on any atom is -0.311 e. The number of hydrogen-bond acceptors (Lipinski definition) is 3. The van der Waals surface area contributed by atoms with Crippen molar-refractivity contribution < 1.29 is 0 Å². The molecule has 3 aromatic heterocycles. The van der Waals surface area contributed by atoms with Gasteiger partial charge in [-0.25, -0.2) is 9.97 Å². The number of alkyl halides is 1. The van der Waals surface area contributed by atoms with E-state index in [9.17, 15) is 0 Å². The average molecular weight is 304 g/mol. The van der Waals surface area contributed by atoms with Crippen molar-refractivity contribution in [3.05, 3.63) is 41.6 Å². The molecule has 1 unspecified atom stereocenters. The van der Waals surface area contributed by atoms with E-state index in [1.165, 1.54) is 5.56 Å². The fourth-order valence-corrected chi connectivity index (χ4v) is 2.65. The van der Waals surface area contributed by atoms with Crippen LogP contribution in [-0.4, -0.2) is 24.3 Å². The highest BCUT2D eigenvalue weighted by molar-refractivity contribution is 6.20. The van der Waals surface area contributed by atoms with E-state index in [2.05, 4.69) is 19.6 Å². The van der Waals surface area contributed by atoms with E-state index in [0.717, 1.165) is 35.6 Å². The Morgan fingerprint density at radius 3 is 2.76 bits per heavy atom. The van der Waals surface area contributed by atoms with Crippen molar-refractivity contribution >= 4 is 22.8 Å². The molecule has 3 aromatic rings. The molecule has 5 nitrogen and oxygen atoms in total. The molecule has 0 aliphatic rings. The zero-order valence-corrected chi connectivity index (χ0v) is 13.2. The molecule has 6 heteroatoms. The number of imidazole rings is 1. The molecule has 0 bridgehead atoms. The third-order valence-corrected chi connectivity index (χ3v) is 3.69. The molecule has 0 saturated heterocycles. The van der Waals surface area contributed by atoms with Gasteiger partial charge in [0.1, 0.15) is 11.3 Å². The third-order valence-electron chi connectivity index (χ3n) is 3.50. The first-order valence-electron chi connectivity index (χ1n) is 7.00. The smallest absolute Gasteiger partial charge is 0.160 e. The first kappa shape index (κ1) is 14.1. The average Bonchev–Trinajstić information content (AvgIpc) is 3.00. The van der Waals surface area contributed by atoms with Crippen LogP contribution in [0.25, 0.3) is 11.2 Å². The minimum absolute atomic E-state index is 0.145. The fraction of sp³-hybridized carbons (Fsp3) is 0.400. The van der Waals surface area contributed by atoms with Gasteiger partial charge < -0.3 is 4.57 Å². The Labute approximate surface area is 128 Å². The lowest BCUT2D eigenvalue weighted by Gasteiger charge is -2.09. The molecule has 0 N–H and O–H groups in total. The van der Waals surface area contributed by atoms with Crippen LogP contribution >= 0.6 is 11.6 Å². The Morgan fingerprint density at radius 1 is 1.29 bits per heavy atom. The molecular weight excluding hydrogens is 286 g/mol. The maximum absolute atomic E-state index is 6.28. The monoisotopic (exact) mass is 303 g/mol. The van der Waals surface area contributed by atoms with E-state index in [1.54, 1.807) is 0 Å². The fourth-order valence-electron chi connectivity index (χ4n) is 2.48. The number of fused-ring (bicyclic) bond motifs is 1. The topological polar surface area (TPSA) is 48.5 Å². The van der Waals surface area contributed by atoms with Crippen molar-refractivity contribution in [2.24, 2.45) is 7.05 Å². The van der Waals surface area contributed by atoms with Gasteiger partial charge >= 0.3 is 0 Å². The molecule has 0 amide bonds. The first-order chi connectivity index (χ1) is 10.0. The maximum Gasteiger partial charge on any atom is 0.160 e. The lowest BCUT2D eigenvalue weighted by molar-refractivity contribution is 0.662. The molecule has 0 aromatic carbocycles. The SMILES string of the molecule is Cc1ccc2nc(C(C)Cl)n(CCc3cnn(C)c3)c2n1. The van der Waals surface area contributed by atoms with Gasteiger partial charge in [0.15, 0.2) is 5.65 Å². The summed E-state index contributed by atoms with van der Waals surface area (Å²) in [5.74, 6) is 0.869. The summed E-state index contributed by atoms with van der Waals surface area (Å²) in [7, 11) is 1.92. The molecule has 0 aliphatic carbocycles. The quantitative estimate of drug-likeness (QED) is 0.696. The Balaban J connectivity index is 1.98. The summed E-state index contributed by atoms with van der Waals surface area (Å²) in [4.78, 5) is 9.24. The number of aromatic nitrogens is 5. The van der Waals surface area contributed by atoms with Crippen molar-refractivity contribution in [2.75, 3.05) is 0 Å². The minimum atomic E-state index is -0.145. The van der Waals surface area contributed by atoms with Crippen LogP contribution < -0.4 is 0 Å². The van der Waals surface area contributed by atoms with Crippen LogP contribution in [0.3, 0.4) is 0 Å². The van der Waals surface area contributed by atoms with Crippen LogP contribution in [0.4, 0.5) is 0 Å². The van der Waals surface area contributed by atoms with Crippen molar-refractivity contribution in [3.63, 3.8) is 0 Å². The predicted molar refractivity (Wildman–Crippen MR) is 83.4 cm³/mol. The summed E-state index contributed by atoms with van der Waals surface area (Å²) in [6.45, 7) is 4.73. The molecule has 3 heterocycles. The van der Waals surface area contributed by atoms with Crippen LogP contribution in [0.5, 0.6) is 0 Å². The van der Waals surface area contributed by atoms with E-state index in [0.29, 0.717) is 0 Å². The molecule has 0 saturated carbocycles. The summed E-state index contributed by atoms with van der Waals surface area (Å²) in [6, 6.07) is 3.98. The van der Waals surface area contributed by atoms with Gasteiger partial charge in [0.05, 0.1) is 11.6 Å². The highest BCUT2D eigenvalue weighted by Crippen LogP contribution is 2.24. The predicted octanol–water partition coefficient (Wildman–Crippen LogP) is 3.02. The maximum atomic E-state index is 6.28. The molecule has 1 atom stereocenters. The lowest BCUT2D eigenvalue weighted by atomic mass is 10.2. The van der Waals surface area contributed by atoms with Crippen LogP contribution in [0.1, 0.15) is 29.4 Å². The van der Waals surface area contributed by atoms with Crippen molar-refractivity contribution in [3.8, 4) is 0 Å². The number of hydrogen-bond donors (Lipinski definition) is 0. The zero-order valence-electron chi connectivity index (χ0n) is 12.4. The summed E-state index contributed by atoms with van der Waals surface area (Å²) in [5.41, 5.74) is 3.98.